The first-order valence-electron chi connectivity index (χ1n) is 7.47. The van der Waals surface area contributed by atoms with Gasteiger partial charge >= 0.3 is 11.9 Å². The second-order valence-electron chi connectivity index (χ2n) is 5.76. The topological polar surface area (TPSA) is 108 Å². The van der Waals surface area contributed by atoms with Crippen LogP contribution >= 0.6 is 0 Å². The monoisotopic (exact) mass is 328 g/mol. The molecular weight excluding hydrogens is 312 g/mol. The van der Waals surface area contributed by atoms with Gasteiger partial charge in [-0.3, -0.25) is 9.59 Å². The van der Waals surface area contributed by atoms with E-state index < -0.39 is 24.3 Å². The standard InChI is InChI=1S/C18H16O6/c19-9-11-2-4-14-13-3-1-10(6-15(13)24-16(14)7-11)5-12(18(22)23)8-17(20)21/h1-4,6-7,12,19H,5,8-9H2,(H,20,21)(H,22,23)/t12-/m0/s1. The zero-order valence-electron chi connectivity index (χ0n) is 12.7. The zero-order chi connectivity index (χ0) is 17.3. The molecule has 3 rings (SSSR count). The molecule has 0 aliphatic rings. The molecule has 0 amide bonds. The van der Waals surface area contributed by atoms with Crippen LogP contribution < -0.4 is 0 Å². The Bertz CT molecular complexity index is 924. The van der Waals surface area contributed by atoms with E-state index in [0.717, 1.165) is 16.3 Å². The van der Waals surface area contributed by atoms with Crippen LogP contribution in [0.3, 0.4) is 0 Å². The first-order valence-corrected chi connectivity index (χ1v) is 7.47. The van der Waals surface area contributed by atoms with Gasteiger partial charge in [-0.1, -0.05) is 24.3 Å². The highest BCUT2D eigenvalue weighted by molar-refractivity contribution is 6.05. The third-order valence-electron chi connectivity index (χ3n) is 4.04. The summed E-state index contributed by atoms with van der Waals surface area (Å²) in [5, 5.41) is 29.0. The molecule has 3 aromatic rings. The number of benzene rings is 2. The van der Waals surface area contributed by atoms with E-state index in [2.05, 4.69) is 0 Å². The number of hydrogen-bond acceptors (Lipinski definition) is 4. The summed E-state index contributed by atoms with van der Waals surface area (Å²) < 4.78 is 5.78. The SMILES string of the molecule is O=C(O)C[C@H](Cc1ccc2c(c1)oc1cc(CO)ccc12)C(=O)O. The molecule has 0 saturated carbocycles. The van der Waals surface area contributed by atoms with Crippen molar-refractivity contribution in [2.45, 2.75) is 19.4 Å². The Balaban J connectivity index is 1.97. The Morgan fingerprint density at radius 2 is 1.54 bits per heavy atom. The van der Waals surface area contributed by atoms with Gasteiger partial charge in [0, 0.05) is 10.8 Å². The van der Waals surface area contributed by atoms with Crippen LogP contribution in [0.25, 0.3) is 21.9 Å². The number of carbonyl (C=O) groups is 2. The first kappa shape index (κ1) is 16.0. The number of rotatable bonds is 6. The van der Waals surface area contributed by atoms with Gasteiger partial charge in [-0.25, -0.2) is 0 Å². The molecule has 124 valence electrons. The highest BCUT2D eigenvalue weighted by Crippen LogP contribution is 2.30. The quantitative estimate of drug-likeness (QED) is 0.642. The third kappa shape index (κ3) is 3.09. The van der Waals surface area contributed by atoms with Crippen LogP contribution in [-0.4, -0.2) is 27.3 Å². The minimum Gasteiger partial charge on any atom is -0.481 e. The summed E-state index contributed by atoms with van der Waals surface area (Å²) in [6.45, 7) is -0.0757. The fourth-order valence-electron chi connectivity index (χ4n) is 2.83. The van der Waals surface area contributed by atoms with E-state index >= 15 is 0 Å². The fraction of sp³-hybridized carbons (Fsp3) is 0.222. The average Bonchev–Trinajstić information content (AvgIpc) is 2.90. The van der Waals surface area contributed by atoms with Crippen molar-refractivity contribution in [3.63, 3.8) is 0 Å². The molecule has 0 aliphatic heterocycles. The Labute approximate surface area is 136 Å². The van der Waals surface area contributed by atoms with Crippen LogP contribution in [0.4, 0.5) is 0 Å². The van der Waals surface area contributed by atoms with E-state index in [1.165, 1.54) is 0 Å². The van der Waals surface area contributed by atoms with Crippen LogP contribution in [-0.2, 0) is 22.6 Å². The van der Waals surface area contributed by atoms with Gasteiger partial charge in [-0.05, 0) is 29.7 Å². The number of aliphatic carboxylic acids is 2. The van der Waals surface area contributed by atoms with Crippen LogP contribution in [0, 0.1) is 5.92 Å². The van der Waals surface area contributed by atoms with Gasteiger partial charge in [-0.15, -0.1) is 0 Å². The number of hydrogen-bond donors (Lipinski definition) is 3. The lowest BCUT2D eigenvalue weighted by Gasteiger charge is -2.09. The zero-order valence-corrected chi connectivity index (χ0v) is 12.7. The van der Waals surface area contributed by atoms with Gasteiger partial charge in [0.05, 0.1) is 18.9 Å². The van der Waals surface area contributed by atoms with Crippen molar-refractivity contribution in [2.75, 3.05) is 0 Å². The molecule has 6 nitrogen and oxygen atoms in total. The molecule has 0 aliphatic carbocycles. The molecule has 24 heavy (non-hydrogen) atoms. The molecular formula is C18H16O6. The number of furan rings is 1. The highest BCUT2D eigenvalue weighted by atomic mass is 16.4. The molecule has 1 aromatic heterocycles. The smallest absolute Gasteiger partial charge is 0.307 e. The second-order valence-corrected chi connectivity index (χ2v) is 5.76. The minimum atomic E-state index is -1.14. The minimum absolute atomic E-state index is 0.0757. The van der Waals surface area contributed by atoms with E-state index in [4.69, 9.17) is 14.6 Å². The van der Waals surface area contributed by atoms with Crippen molar-refractivity contribution in [3.05, 3.63) is 47.5 Å². The molecule has 2 aromatic carbocycles. The van der Waals surface area contributed by atoms with E-state index in [9.17, 15) is 14.7 Å². The van der Waals surface area contributed by atoms with E-state index in [1.807, 2.05) is 18.2 Å². The number of carboxylic acid groups (broad SMARTS) is 2. The Morgan fingerprint density at radius 1 is 0.958 bits per heavy atom. The number of fused-ring (bicyclic) bond motifs is 3. The maximum Gasteiger partial charge on any atom is 0.307 e. The van der Waals surface area contributed by atoms with Gasteiger partial charge < -0.3 is 19.7 Å². The Morgan fingerprint density at radius 3 is 2.08 bits per heavy atom. The normalized spacial score (nSPS) is 12.5. The maximum atomic E-state index is 11.2. The molecule has 0 bridgehead atoms. The van der Waals surface area contributed by atoms with Crippen molar-refractivity contribution >= 4 is 33.9 Å². The van der Waals surface area contributed by atoms with Crippen LogP contribution in [0.1, 0.15) is 17.5 Å². The van der Waals surface area contributed by atoms with Gasteiger partial charge in [0.2, 0.25) is 0 Å². The molecule has 0 fully saturated rings. The van der Waals surface area contributed by atoms with Crippen molar-refractivity contribution in [1.82, 2.24) is 0 Å². The van der Waals surface area contributed by atoms with Gasteiger partial charge in [0.1, 0.15) is 11.2 Å². The van der Waals surface area contributed by atoms with Gasteiger partial charge in [0.25, 0.3) is 0 Å². The van der Waals surface area contributed by atoms with E-state index in [-0.39, 0.29) is 13.0 Å². The molecule has 6 heteroatoms. The highest BCUT2D eigenvalue weighted by Gasteiger charge is 2.22. The third-order valence-corrected chi connectivity index (χ3v) is 4.04. The van der Waals surface area contributed by atoms with E-state index in [0.29, 0.717) is 16.7 Å². The van der Waals surface area contributed by atoms with Crippen molar-refractivity contribution < 1.29 is 29.3 Å². The summed E-state index contributed by atoms with van der Waals surface area (Å²) in [6, 6.07) is 10.8. The van der Waals surface area contributed by atoms with Gasteiger partial charge in [-0.2, -0.15) is 0 Å². The molecule has 1 heterocycles. The molecule has 0 radical (unpaired) electrons. The predicted octanol–water partition coefficient (Wildman–Crippen LogP) is 2.80. The van der Waals surface area contributed by atoms with Crippen LogP contribution in [0.15, 0.2) is 40.8 Å². The summed E-state index contributed by atoms with van der Waals surface area (Å²) in [6.07, 6.45) is -0.302. The van der Waals surface area contributed by atoms with Crippen molar-refractivity contribution in [3.8, 4) is 0 Å². The van der Waals surface area contributed by atoms with Crippen LogP contribution in [0.2, 0.25) is 0 Å². The number of aliphatic hydroxyl groups is 1. The Hall–Kier alpha value is -2.86. The van der Waals surface area contributed by atoms with Crippen molar-refractivity contribution in [2.24, 2.45) is 5.92 Å². The summed E-state index contributed by atoms with van der Waals surface area (Å²) in [5.74, 6) is -3.25. The first-order chi connectivity index (χ1) is 11.5. The lowest BCUT2D eigenvalue weighted by atomic mass is 9.95. The lowest BCUT2D eigenvalue weighted by Crippen LogP contribution is -2.20. The number of aliphatic hydroxyl groups excluding tert-OH is 1. The predicted molar refractivity (Wildman–Crippen MR) is 86.7 cm³/mol. The van der Waals surface area contributed by atoms with Crippen LogP contribution in [0.5, 0.6) is 0 Å². The molecule has 1 atom stereocenters. The summed E-state index contributed by atoms with van der Waals surface area (Å²) >= 11 is 0. The van der Waals surface area contributed by atoms with Crippen molar-refractivity contribution in [1.29, 1.82) is 0 Å². The lowest BCUT2D eigenvalue weighted by molar-refractivity contribution is -0.148. The summed E-state index contributed by atoms with van der Waals surface area (Å²) in [7, 11) is 0. The van der Waals surface area contributed by atoms with Gasteiger partial charge in [0.15, 0.2) is 0 Å². The fourth-order valence-corrected chi connectivity index (χ4v) is 2.83. The largest absolute Gasteiger partial charge is 0.481 e. The average molecular weight is 328 g/mol. The van der Waals surface area contributed by atoms with E-state index in [1.54, 1.807) is 18.2 Å². The number of carboxylic acids is 2. The second kappa shape index (κ2) is 6.33. The molecule has 3 N–H and O–H groups in total. The molecule has 0 saturated heterocycles. The summed E-state index contributed by atoms with van der Waals surface area (Å²) in [5.41, 5.74) is 2.71. The molecule has 0 unspecified atom stereocenters. The Kier molecular flexibility index (Phi) is 4.22. The maximum absolute atomic E-state index is 11.2. The summed E-state index contributed by atoms with van der Waals surface area (Å²) in [4.78, 5) is 22.0. The molecule has 0 spiro atoms.